The van der Waals surface area contributed by atoms with Gasteiger partial charge in [0, 0.05) is 37.0 Å². The van der Waals surface area contributed by atoms with Crippen molar-refractivity contribution in [2.45, 2.75) is 19.9 Å². The molecule has 0 unspecified atom stereocenters. The number of benzene rings is 1. The van der Waals surface area contributed by atoms with Gasteiger partial charge in [0.05, 0.1) is 0 Å². The normalized spacial score (nSPS) is 10.4. The Labute approximate surface area is 119 Å². The van der Waals surface area contributed by atoms with Gasteiger partial charge in [0.25, 0.3) is 0 Å². The minimum atomic E-state index is -0.386. The second-order valence-electron chi connectivity index (χ2n) is 4.75. The number of carbonyl (C=O) groups is 1. The van der Waals surface area contributed by atoms with E-state index < -0.39 is 0 Å². The zero-order chi connectivity index (χ0) is 14.4. The van der Waals surface area contributed by atoms with Gasteiger partial charge < -0.3 is 11.1 Å². The highest BCUT2D eigenvalue weighted by molar-refractivity contribution is 5.93. The highest BCUT2D eigenvalue weighted by atomic mass is 16.1. The monoisotopic (exact) mass is 269 g/mol. The molecule has 0 aliphatic rings. The summed E-state index contributed by atoms with van der Waals surface area (Å²) in [7, 11) is 0. The molecule has 0 saturated heterocycles. The van der Waals surface area contributed by atoms with Crippen LogP contribution in [0.15, 0.2) is 42.6 Å². The number of aryl methyl sites for hydroxylation is 1. The summed E-state index contributed by atoms with van der Waals surface area (Å²) in [6.45, 7) is 3.63. The van der Waals surface area contributed by atoms with E-state index in [-0.39, 0.29) is 5.91 Å². The second kappa shape index (κ2) is 6.82. The lowest BCUT2D eigenvalue weighted by Crippen LogP contribution is -2.18. The first-order chi connectivity index (χ1) is 9.66. The van der Waals surface area contributed by atoms with Crippen molar-refractivity contribution in [1.82, 2.24) is 10.3 Å². The van der Waals surface area contributed by atoms with Gasteiger partial charge in [0.1, 0.15) is 0 Å². The molecule has 4 heteroatoms. The van der Waals surface area contributed by atoms with E-state index in [0.29, 0.717) is 5.56 Å². The molecular formula is C16H19N3O. The maximum absolute atomic E-state index is 11.1. The zero-order valence-corrected chi connectivity index (χ0v) is 11.6. The summed E-state index contributed by atoms with van der Waals surface area (Å²) in [4.78, 5) is 15.4. The molecule has 1 amide bonds. The van der Waals surface area contributed by atoms with Crippen LogP contribution in [0.3, 0.4) is 0 Å². The average Bonchev–Trinajstić information content (AvgIpc) is 2.46. The molecule has 1 heterocycles. The number of rotatable bonds is 6. The summed E-state index contributed by atoms with van der Waals surface area (Å²) in [6, 6.07) is 11.5. The molecule has 0 aliphatic heterocycles. The van der Waals surface area contributed by atoms with E-state index in [0.717, 1.165) is 30.8 Å². The van der Waals surface area contributed by atoms with Crippen molar-refractivity contribution in [1.29, 1.82) is 0 Å². The van der Waals surface area contributed by atoms with E-state index in [1.165, 1.54) is 5.56 Å². The standard InChI is InChI=1S/C16H19N3O/c1-12-10-13(16(17)20)5-6-14(12)11-18-9-7-15-4-2-3-8-19-15/h2-6,8,10,18H,7,9,11H2,1H3,(H2,17,20). The number of pyridine rings is 1. The van der Waals surface area contributed by atoms with E-state index in [1.54, 1.807) is 6.07 Å². The summed E-state index contributed by atoms with van der Waals surface area (Å²) in [5.41, 5.74) is 9.15. The maximum Gasteiger partial charge on any atom is 0.248 e. The topological polar surface area (TPSA) is 68.0 Å². The molecule has 0 fully saturated rings. The Bertz CT molecular complexity index is 582. The molecule has 104 valence electrons. The first kappa shape index (κ1) is 14.2. The van der Waals surface area contributed by atoms with Crippen molar-refractivity contribution >= 4 is 5.91 Å². The number of nitrogens with zero attached hydrogens (tertiary/aromatic N) is 1. The van der Waals surface area contributed by atoms with Gasteiger partial charge in [-0.1, -0.05) is 12.1 Å². The number of primary amides is 1. The van der Waals surface area contributed by atoms with E-state index in [1.807, 2.05) is 43.5 Å². The molecule has 2 aromatic rings. The van der Waals surface area contributed by atoms with Crippen LogP contribution in [0.4, 0.5) is 0 Å². The average molecular weight is 269 g/mol. The predicted octanol–water partition coefficient (Wildman–Crippen LogP) is 1.82. The molecule has 0 saturated carbocycles. The van der Waals surface area contributed by atoms with Crippen molar-refractivity contribution in [3.05, 3.63) is 65.0 Å². The first-order valence-electron chi connectivity index (χ1n) is 6.67. The molecular weight excluding hydrogens is 250 g/mol. The Morgan fingerprint density at radius 1 is 1.30 bits per heavy atom. The van der Waals surface area contributed by atoms with Gasteiger partial charge in [-0.3, -0.25) is 9.78 Å². The highest BCUT2D eigenvalue weighted by Gasteiger charge is 2.04. The van der Waals surface area contributed by atoms with E-state index in [9.17, 15) is 4.79 Å². The molecule has 1 aromatic heterocycles. The lowest BCUT2D eigenvalue weighted by Gasteiger charge is -2.08. The fourth-order valence-electron chi connectivity index (χ4n) is 2.03. The molecule has 0 radical (unpaired) electrons. The summed E-state index contributed by atoms with van der Waals surface area (Å²) < 4.78 is 0. The predicted molar refractivity (Wildman–Crippen MR) is 79.3 cm³/mol. The van der Waals surface area contributed by atoms with Crippen LogP contribution in [0.5, 0.6) is 0 Å². The van der Waals surface area contributed by atoms with Crippen molar-refractivity contribution in [2.24, 2.45) is 5.73 Å². The van der Waals surface area contributed by atoms with Crippen LogP contribution in [0.1, 0.15) is 27.2 Å². The Hall–Kier alpha value is -2.20. The number of nitrogens with two attached hydrogens (primary N) is 1. The van der Waals surface area contributed by atoms with Gasteiger partial charge in [-0.15, -0.1) is 0 Å². The Morgan fingerprint density at radius 3 is 2.80 bits per heavy atom. The number of carbonyl (C=O) groups excluding carboxylic acids is 1. The Morgan fingerprint density at radius 2 is 2.15 bits per heavy atom. The number of amides is 1. The third-order valence-corrected chi connectivity index (χ3v) is 3.23. The van der Waals surface area contributed by atoms with Gasteiger partial charge in [-0.05, 0) is 42.3 Å². The van der Waals surface area contributed by atoms with E-state index in [4.69, 9.17) is 5.73 Å². The first-order valence-corrected chi connectivity index (χ1v) is 6.67. The summed E-state index contributed by atoms with van der Waals surface area (Å²) in [5.74, 6) is -0.386. The van der Waals surface area contributed by atoms with Crippen LogP contribution in [0.25, 0.3) is 0 Å². The molecule has 0 atom stereocenters. The van der Waals surface area contributed by atoms with Gasteiger partial charge in [-0.25, -0.2) is 0 Å². The lowest BCUT2D eigenvalue weighted by atomic mass is 10.0. The van der Waals surface area contributed by atoms with Crippen LogP contribution in [-0.2, 0) is 13.0 Å². The second-order valence-corrected chi connectivity index (χ2v) is 4.75. The Kier molecular flexibility index (Phi) is 4.85. The van der Waals surface area contributed by atoms with Crippen molar-refractivity contribution < 1.29 is 4.79 Å². The van der Waals surface area contributed by atoms with Gasteiger partial charge >= 0.3 is 0 Å². The van der Waals surface area contributed by atoms with Crippen LogP contribution in [0.2, 0.25) is 0 Å². The Balaban J connectivity index is 1.84. The fraction of sp³-hybridized carbons (Fsp3) is 0.250. The highest BCUT2D eigenvalue weighted by Crippen LogP contribution is 2.10. The third-order valence-electron chi connectivity index (χ3n) is 3.23. The molecule has 20 heavy (non-hydrogen) atoms. The quantitative estimate of drug-likeness (QED) is 0.786. The number of hydrogen-bond donors (Lipinski definition) is 2. The third kappa shape index (κ3) is 3.90. The largest absolute Gasteiger partial charge is 0.366 e. The summed E-state index contributed by atoms with van der Waals surface area (Å²) in [5, 5.41) is 3.38. The molecule has 3 N–H and O–H groups in total. The van der Waals surface area contributed by atoms with Gasteiger partial charge in [0.15, 0.2) is 0 Å². The molecule has 0 bridgehead atoms. The van der Waals surface area contributed by atoms with Crippen LogP contribution in [-0.4, -0.2) is 17.4 Å². The van der Waals surface area contributed by atoms with Gasteiger partial charge in [0.2, 0.25) is 5.91 Å². The van der Waals surface area contributed by atoms with Crippen molar-refractivity contribution in [3.63, 3.8) is 0 Å². The fourth-order valence-corrected chi connectivity index (χ4v) is 2.03. The molecule has 1 aromatic carbocycles. The molecule has 0 aliphatic carbocycles. The SMILES string of the molecule is Cc1cc(C(N)=O)ccc1CNCCc1ccccn1. The van der Waals surface area contributed by atoms with E-state index in [2.05, 4.69) is 10.3 Å². The van der Waals surface area contributed by atoms with Crippen molar-refractivity contribution in [2.75, 3.05) is 6.54 Å². The number of aromatic nitrogens is 1. The van der Waals surface area contributed by atoms with Gasteiger partial charge in [-0.2, -0.15) is 0 Å². The zero-order valence-electron chi connectivity index (χ0n) is 11.6. The minimum absolute atomic E-state index is 0.386. The lowest BCUT2D eigenvalue weighted by molar-refractivity contribution is 0.1000. The molecule has 2 rings (SSSR count). The smallest absolute Gasteiger partial charge is 0.248 e. The summed E-state index contributed by atoms with van der Waals surface area (Å²) in [6.07, 6.45) is 2.71. The summed E-state index contributed by atoms with van der Waals surface area (Å²) >= 11 is 0. The maximum atomic E-state index is 11.1. The van der Waals surface area contributed by atoms with E-state index >= 15 is 0 Å². The minimum Gasteiger partial charge on any atom is -0.366 e. The van der Waals surface area contributed by atoms with Crippen LogP contribution < -0.4 is 11.1 Å². The van der Waals surface area contributed by atoms with Crippen LogP contribution >= 0.6 is 0 Å². The number of nitrogens with one attached hydrogen (secondary N) is 1. The van der Waals surface area contributed by atoms with Crippen LogP contribution in [0, 0.1) is 6.92 Å². The molecule has 0 spiro atoms. The number of hydrogen-bond acceptors (Lipinski definition) is 3. The molecule has 4 nitrogen and oxygen atoms in total. The van der Waals surface area contributed by atoms with Crippen molar-refractivity contribution in [3.8, 4) is 0 Å².